The molecule has 0 radical (unpaired) electrons. The molecular formula is C15H17N3O3S. The smallest absolute Gasteiger partial charge is 0.399 e. The average Bonchev–Trinajstić information content (AvgIpc) is 3.21. The van der Waals surface area contributed by atoms with E-state index in [0.717, 1.165) is 6.54 Å². The molecule has 1 amide bonds. The number of carbonyl (C=O) groups is 1. The summed E-state index contributed by atoms with van der Waals surface area (Å²) in [5.74, 6) is 0.600. The average molecular weight is 319 g/mol. The Morgan fingerprint density at radius 3 is 2.95 bits per heavy atom. The van der Waals surface area contributed by atoms with Crippen LogP contribution in [0.25, 0.3) is 0 Å². The molecule has 3 aliphatic heterocycles. The number of hydrogen-bond donors (Lipinski definition) is 1. The number of hydrogen-bond acceptors (Lipinski definition) is 6. The van der Waals surface area contributed by atoms with Crippen LogP contribution in [-0.4, -0.2) is 41.5 Å². The minimum absolute atomic E-state index is 0.0222. The molecule has 2 aromatic rings. The van der Waals surface area contributed by atoms with Gasteiger partial charge in [-0.15, -0.1) is 0 Å². The Morgan fingerprint density at radius 1 is 1.41 bits per heavy atom. The summed E-state index contributed by atoms with van der Waals surface area (Å²) in [6, 6.07) is 3.81. The molecule has 116 valence electrons. The molecule has 2 aromatic heterocycles. The molecule has 5 heterocycles. The molecule has 3 aliphatic rings. The fourth-order valence-electron chi connectivity index (χ4n) is 3.21. The maximum absolute atomic E-state index is 12.4. The van der Waals surface area contributed by atoms with Gasteiger partial charge in [0.25, 0.3) is 5.91 Å². The van der Waals surface area contributed by atoms with Crippen LogP contribution in [0.2, 0.25) is 0 Å². The fraction of sp³-hybridized carbons (Fsp3) is 0.467. The number of nitrogens with zero attached hydrogens (tertiary/aromatic N) is 2. The highest BCUT2D eigenvalue weighted by Gasteiger charge is 2.35. The van der Waals surface area contributed by atoms with Gasteiger partial charge in [0.15, 0.2) is 5.06 Å². The normalized spacial score (nSPS) is 26.8. The zero-order valence-electron chi connectivity index (χ0n) is 12.0. The highest BCUT2D eigenvalue weighted by molar-refractivity contribution is 7.15. The summed E-state index contributed by atoms with van der Waals surface area (Å²) in [7, 11) is 0. The van der Waals surface area contributed by atoms with Crippen LogP contribution in [-0.2, 0) is 0 Å². The molecule has 3 saturated heterocycles. The number of nitrogens with one attached hydrogen (secondary N) is 1. The van der Waals surface area contributed by atoms with Crippen LogP contribution >= 0.6 is 11.3 Å². The Balaban J connectivity index is 1.39. The second kappa shape index (κ2) is 5.73. The Labute approximate surface area is 132 Å². The van der Waals surface area contributed by atoms with E-state index in [9.17, 15) is 4.79 Å². The molecule has 0 aromatic carbocycles. The van der Waals surface area contributed by atoms with Crippen molar-refractivity contribution in [2.45, 2.75) is 18.9 Å². The van der Waals surface area contributed by atoms with Gasteiger partial charge in [-0.3, -0.25) is 4.79 Å². The van der Waals surface area contributed by atoms with E-state index in [-0.39, 0.29) is 18.0 Å². The van der Waals surface area contributed by atoms with E-state index in [1.807, 2.05) is 0 Å². The largest absolute Gasteiger partial charge is 0.417 e. The molecule has 3 fully saturated rings. The molecule has 0 aliphatic carbocycles. The van der Waals surface area contributed by atoms with Crippen molar-refractivity contribution in [3.63, 3.8) is 0 Å². The number of fused-ring (bicyclic) bond motifs is 3. The van der Waals surface area contributed by atoms with E-state index in [0.29, 0.717) is 15.9 Å². The number of thiophene rings is 1. The summed E-state index contributed by atoms with van der Waals surface area (Å²) in [6.07, 6.45) is 5.53. The second-order valence-electron chi connectivity index (χ2n) is 5.74. The van der Waals surface area contributed by atoms with Gasteiger partial charge >= 0.3 is 6.08 Å². The SMILES string of the molecule is O=C(NC1CN2CCC1CC2)c1ccc(Oc2ncco2)s1. The molecule has 1 N–H and O–H groups in total. The Kier molecular flexibility index (Phi) is 3.59. The van der Waals surface area contributed by atoms with Crippen molar-refractivity contribution in [3.05, 3.63) is 29.5 Å². The van der Waals surface area contributed by atoms with Gasteiger partial charge in [0.05, 0.1) is 11.1 Å². The van der Waals surface area contributed by atoms with E-state index in [1.165, 1.54) is 49.7 Å². The summed E-state index contributed by atoms with van der Waals surface area (Å²) < 4.78 is 10.5. The predicted molar refractivity (Wildman–Crippen MR) is 81.3 cm³/mol. The van der Waals surface area contributed by atoms with Gasteiger partial charge in [-0.05, 0) is 44.0 Å². The first-order chi connectivity index (χ1) is 10.8. The zero-order valence-corrected chi connectivity index (χ0v) is 12.8. The number of oxazole rings is 1. The molecular weight excluding hydrogens is 302 g/mol. The highest BCUT2D eigenvalue weighted by Crippen LogP contribution is 2.30. The molecule has 7 heteroatoms. The summed E-state index contributed by atoms with van der Waals surface area (Å²) in [4.78, 5) is 19.4. The van der Waals surface area contributed by atoms with Crippen LogP contribution in [0, 0.1) is 5.92 Å². The summed E-state index contributed by atoms with van der Waals surface area (Å²) in [5, 5.41) is 3.77. The quantitative estimate of drug-likeness (QED) is 0.937. The Morgan fingerprint density at radius 2 is 2.27 bits per heavy atom. The fourth-order valence-corrected chi connectivity index (χ4v) is 3.97. The number of rotatable bonds is 4. The highest BCUT2D eigenvalue weighted by atomic mass is 32.1. The first kappa shape index (κ1) is 13.8. The van der Waals surface area contributed by atoms with E-state index < -0.39 is 0 Å². The molecule has 2 bridgehead atoms. The molecule has 22 heavy (non-hydrogen) atoms. The number of piperidine rings is 3. The molecule has 1 atom stereocenters. The molecule has 5 rings (SSSR count). The van der Waals surface area contributed by atoms with Crippen molar-refractivity contribution in [1.29, 1.82) is 0 Å². The third-order valence-electron chi connectivity index (χ3n) is 4.38. The standard InChI is InChI=1S/C15H17N3O3S/c19-14(17-11-9-18-6-3-10(11)4-7-18)12-1-2-13(22-12)21-15-16-5-8-20-15/h1-2,5,8,10-11H,3-4,6-7,9H2,(H,17,19). The van der Waals surface area contributed by atoms with Crippen molar-refractivity contribution in [2.24, 2.45) is 5.92 Å². The van der Waals surface area contributed by atoms with Crippen LogP contribution in [0.1, 0.15) is 22.5 Å². The van der Waals surface area contributed by atoms with Gasteiger partial charge in [0.1, 0.15) is 6.26 Å². The van der Waals surface area contributed by atoms with Gasteiger partial charge in [0, 0.05) is 12.6 Å². The Bertz CT molecular complexity index is 647. The number of carbonyl (C=O) groups excluding carboxylic acids is 1. The van der Waals surface area contributed by atoms with Crippen molar-refractivity contribution >= 4 is 17.2 Å². The van der Waals surface area contributed by atoms with Crippen molar-refractivity contribution < 1.29 is 13.9 Å². The molecule has 1 unspecified atom stereocenters. The minimum Gasteiger partial charge on any atom is -0.417 e. The molecule has 0 saturated carbocycles. The third-order valence-corrected chi connectivity index (χ3v) is 5.34. The summed E-state index contributed by atoms with van der Waals surface area (Å²) in [5.41, 5.74) is 0. The van der Waals surface area contributed by atoms with Gasteiger partial charge in [0.2, 0.25) is 0 Å². The third kappa shape index (κ3) is 2.74. The van der Waals surface area contributed by atoms with E-state index >= 15 is 0 Å². The molecule has 6 nitrogen and oxygen atoms in total. The first-order valence-corrected chi connectivity index (χ1v) is 8.30. The van der Waals surface area contributed by atoms with Gasteiger partial charge in [-0.1, -0.05) is 11.3 Å². The topological polar surface area (TPSA) is 67.6 Å². The first-order valence-electron chi connectivity index (χ1n) is 7.48. The second-order valence-corrected chi connectivity index (χ2v) is 6.78. The van der Waals surface area contributed by atoms with Crippen molar-refractivity contribution in [3.8, 4) is 11.1 Å². The number of amides is 1. The van der Waals surface area contributed by atoms with Gasteiger partial charge in [-0.25, -0.2) is 0 Å². The minimum atomic E-state index is -0.0222. The maximum atomic E-state index is 12.4. The summed E-state index contributed by atoms with van der Waals surface area (Å²) in [6.45, 7) is 3.32. The zero-order chi connectivity index (χ0) is 14.9. The van der Waals surface area contributed by atoms with Crippen LogP contribution in [0.15, 0.2) is 29.0 Å². The lowest BCUT2D eigenvalue weighted by atomic mass is 9.84. The predicted octanol–water partition coefficient (Wildman–Crippen LogP) is 2.35. The van der Waals surface area contributed by atoms with Crippen LogP contribution < -0.4 is 10.1 Å². The lowest BCUT2D eigenvalue weighted by Gasteiger charge is -2.44. The number of aromatic nitrogens is 1. The Hall–Kier alpha value is -1.86. The van der Waals surface area contributed by atoms with Crippen LogP contribution in [0.4, 0.5) is 0 Å². The van der Waals surface area contributed by atoms with Crippen LogP contribution in [0.5, 0.6) is 11.1 Å². The van der Waals surface area contributed by atoms with Crippen LogP contribution in [0.3, 0.4) is 0 Å². The van der Waals surface area contributed by atoms with E-state index in [1.54, 1.807) is 12.1 Å². The van der Waals surface area contributed by atoms with Gasteiger partial charge in [-0.2, -0.15) is 4.98 Å². The lowest BCUT2D eigenvalue weighted by molar-refractivity contribution is 0.0622. The monoisotopic (exact) mass is 319 g/mol. The van der Waals surface area contributed by atoms with Crippen molar-refractivity contribution in [1.82, 2.24) is 15.2 Å². The molecule has 0 spiro atoms. The number of ether oxygens (including phenoxy) is 1. The van der Waals surface area contributed by atoms with E-state index in [4.69, 9.17) is 9.15 Å². The van der Waals surface area contributed by atoms with Gasteiger partial charge < -0.3 is 19.4 Å². The van der Waals surface area contributed by atoms with E-state index in [2.05, 4.69) is 15.2 Å². The van der Waals surface area contributed by atoms with Crippen molar-refractivity contribution in [2.75, 3.05) is 19.6 Å². The maximum Gasteiger partial charge on any atom is 0.399 e. The summed E-state index contributed by atoms with van der Waals surface area (Å²) >= 11 is 1.30. The lowest BCUT2D eigenvalue weighted by Crippen LogP contribution is -2.57.